The number of β-amino-alcohol motifs (C(OH)–C–C–N with tert-alkyl or cyclic N) is 1. The summed E-state index contributed by atoms with van der Waals surface area (Å²) in [6, 6.07) is 7.31. The molecule has 0 atom stereocenters. The number of aliphatic hydroxyl groups excluding tert-OH is 1. The van der Waals surface area contributed by atoms with Crippen molar-refractivity contribution in [3.05, 3.63) is 35.5 Å². The fourth-order valence-corrected chi connectivity index (χ4v) is 3.80. The van der Waals surface area contributed by atoms with Gasteiger partial charge in [-0.3, -0.25) is 4.90 Å². The minimum atomic E-state index is 0.192. The number of aromatic nitrogens is 2. The van der Waals surface area contributed by atoms with E-state index in [1.807, 2.05) is 24.3 Å². The topological polar surface area (TPSA) is 65.0 Å². The molecule has 0 radical (unpaired) electrons. The maximum absolute atomic E-state index is 9.18. The zero-order valence-electron chi connectivity index (χ0n) is 15.9. The number of hydrogen-bond acceptors (Lipinski definition) is 7. The molecule has 0 spiro atoms. The Kier molecular flexibility index (Phi) is 6.14. The molecule has 0 bridgehead atoms. The van der Waals surface area contributed by atoms with Crippen LogP contribution in [0, 0.1) is 0 Å². The predicted molar refractivity (Wildman–Crippen MR) is 111 cm³/mol. The van der Waals surface area contributed by atoms with Gasteiger partial charge in [-0.25, -0.2) is 4.98 Å². The minimum absolute atomic E-state index is 0.192. The molecule has 3 heterocycles. The molecule has 28 heavy (non-hydrogen) atoms. The van der Waals surface area contributed by atoms with Gasteiger partial charge in [-0.05, 0) is 37.1 Å². The van der Waals surface area contributed by atoms with Crippen LogP contribution in [0.4, 0.5) is 11.8 Å². The van der Waals surface area contributed by atoms with Gasteiger partial charge in [-0.2, -0.15) is 4.98 Å². The zero-order valence-corrected chi connectivity index (χ0v) is 16.7. The van der Waals surface area contributed by atoms with Crippen molar-refractivity contribution in [3.8, 4) is 11.5 Å². The largest absolute Gasteiger partial charge is 0.452 e. The Labute approximate surface area is 170 Å². The SMILES string of the molecule is OCCN1CCN(c2nc(N3CCCC3)ncc2Oc2ccc(Cl)cc2)CC1. The van der Waals surface area contributed by atoms with E-state index in [4.69, 9.17) is 21.3 Å². The lowest BCUT2D eigenvalue weighted by atomic mass is 10.3. The van der Waals surface area contributed by atoms with Crippen LogP contribution in [0.15, 0.2) is 30.5 Å². The lowest BCUT2D eigenvalue weighted by Gasteiger charge is -2.35. The molecule has 2 fully saturated rings. The average molecular weight is 404 g/mol. The highest BCUT2D eigenvalue weighted by Crippen LogP contribution is 2.33. The summed E-state index contributed by atoms with van der Waals surface area (Å²) in [4.78, 5) is 16.2. The van der Waals surface area contributed by atoms with Crippen LogP contribution in [0.25, 0.3) is 0 Å². The highest BCUT2D eigenvalue weighted by atomic mass is 35.5. The minimum Gasteiger partial charge on any atom is -0.452 e. The Morgan fingerprint density at radius 2 is 1.68 bits per heavy atom. The molecule has 0 saturated carbocycles. The van der Waals surface area contributed by atoms with Gasteiger partial charge < -0.3 is 19.6 Å². The first-order valence-corrected chi connectivity index (χ1v) is 10.2. The van der Waals surface area contributed by atoms with Gasteiger partial charge in [0.05, 0.1) is 12.8 Å². The van der Waals surface area contributed by atoms with E-state index in [1.165, 1.54) is 12.8 Å². The van der Waals surface area contributed by atoms with Crippen molar-refractivity contribution in [2.24, 2.45) is 0 Å². The second-order valence-electron chi connectivity index (χ2n) is 7.16. The summed E-state index contributed by atoms with van der Waals surface area (Å²) in [6.45, 7) is 6.37. The average Bonchev–Trinajstić information content (AvgIpc) is 3.26. The Bertz CT molecular complexity index is 775. The molecular weight excluding hydrogens is 378 g/mol. The molecule has 1 aromatic carbocycles. The molecular formula is C20H26ClN5O2. The highest BCUT2D eigenvalue weighted by molar-refractivity contribution is 6.30. The maximum atomic E-state index is 9.18. The van der Waals surface area contributed by atoms with Crippen molar-refractivity contribution in [3.63, 3.8) is 0 Å². The third-order valence-electron chi connectivity index (χ3n) is 5.24. The molecule has 2 aliphatic rings. The summed E-state index contributed by atoms with van der Waals surface area (Å²) in [5, 5.41) is 9.85. The van der Waals surface area contributed by atoms with Crippen LogP contribution in [-0.2, 0) is 0 Å². The first kappa shape index (κ1) is 19.2. The van der Waals surface area contributed by atoms with E-state index in [0.717, 1.165) is 51.0 Å². The molecule has 8 heteroatoms. The number of rotatable bonds is 6. The number of hydrogen-bond donors (Lipinski definition) is 1. The molecule has 0 aliphatic carbocycles. The third-order valence-corrected chi connectivity index (χ3v) is 5.49. The van der Waals surface area contributed by atoms with Crippen molar-refractivity contribution >= 4 is 23.4 Å². The van der Waals surface area contributed by atoms with Gasteiger partial charge in [0.1, 0.15) is 5.75 Å². The number of aliphatic hydroxyl groups is 1. The van der Waals surface area contributed by atoms with Gasteiger partial charge in [0.2, 0.25) is 5.95 Å². The number of ether oxygens (including phenoxy) is 1. The van der Waals surface area contributed by atoms with Crippen LogP contribution in [-0.4, -0.2) is 72.4 Å². The van der Waals surface area contributed by atoms with Crippen LogP contribution in [0.2, 0.25) is 5.02 Å². The van der Waals surface area contributed by atoms with Gasteiger partial charge in [0.15, 0.2) is 11.6 Å². The van der Waals surface area contributed by atoms with Crippen LogP contribution >= 0.6 is 11.6 Å². The lowest BCUT2D eigenvalue weighted by molar-refractivity contribution is 0.188. The first-order valence-electron chi connectivity index (χ1n) is 9.86. The van der Waals surface area contributed by atoms with Gasteiger partial charge in [0, 0.05) is 50.8 Å². The van der Waals surface area contributed by atoms with Gasteiger partial charge in [-0.1, -0.05) is 11.6 Å². The van der Waals surface area contributed by atoms with Gasteiger partial charge in [0.25, 0.3) is 0 Å². The lowest BCUT2D eigenvalue weighted by Crippen LogP contribution is -2.47. The summed E-state index contributed by atoms with van der Waals surface area (Å²) in [7, 11) is 0. The van der Waals surface area contributed by atoms with Crippen LogP contribution in [0.3, 0.4) is 0 Å². The van der Waals surface area contributed by atoms with E-state index < -0.39 is 0 Å². The molecule has 0 amide bonds. The maximum Gasteiger partial charge on any atom is 0.227 e. The van der Waals surface area contributed by atoms with E-state index in [-0.39, 0.29) is 6.61 Å². The Morgan fingerprint density at radius 3 is 2.36 bits per heavy atom. The van der Waals surface area contributed by atoms with Crippen molar-refractivity contribution in [2.75, 3.05) is 62.2 Å². The normalized spacial score (nSPS) is 17.9. The number of piperazine rings is 1. The van der Waals surface area contributed by atoms with Crippen LogP contribution in [0.1, 0.15) is 12.8 Å². The fraction of sp³-hybridized carbons (Fsp3) is 0.500. The number of halogens is 1. The fourth-order valence-electron chi connectivity index (χ4n) is 3.68. The van der Waals surface area contributed by atoms with E-state index in [1.54, 1.807) is 6.20 Å². The molecule has 2 aromatic rings. The Hall–Kier alpha value is -2.09. The van der Waals surface area contributed by atoms with Crippen molar-refractivity contribution in [2.45, 2.75) is 12.8 Å². The number of anilines is 2. The molecule has 7 nitrogen and oxygen atoms in total. The molecule has 0 unspecified atom stereocenters. The van der Waals surface area contributed by atoms with E-state index in [9.17, 15) is 5.11 Å². The Balaban J connectivity index is 1.58. The predicted octanol–water partition coefficient (Wildman–Crippen LogP) is 2.64. The van der Waals surface area contributed by atoms with Crippen LogP contribution in [0.5, 0.6) is 11.5 Å². The third kappa shape index (κ3) is 4.48. The van der Waals surface area contributed by atoms with Crippen molar-refractivity contribution < 1.29 is 9.84 Å². The Morgan fingerprint density at radius 1 is 0.964 bits per heavy atom. The monoisotopic (exact) mass is 403 g/mol. The molecule has 4 rings (SSSR count). The summed E-state index contributed by atoms with van der Waals surface area (Å²) in [6.07, 6.45) is 4.15. The van der Waals surface area contributed by atoms with E-state index >= 15 is 0 Å². The smallest absolute Gasteiger partial charge is 0.227 e. The quantitative estimate of drug-likeness (QED) is 0.795. The second kappa shape index (κ2) is 8.94. The second-order valence-corrected chi connectivity index (χ2v) is 7.60. The highest BCUT2D eigenvalue weighted by Gasteiger charge is 2.24. The summed E-state index contributed by atoms with van der Waals surface area (Å²) in [5.74, 6) is 2.97. The van der Waals surface area contributed by atoms with Gasteiger partial charge >= 0.3 is 0 Å². The van der Waals surface area contributed by atoms with Gasteiger partial charge in [-0.15, -0.1) is 0 Å². The van der Waals surface area contributed by atoms with E-state index in [0.29, 0.717) is 23.1 Å². The number of benzene rings is 1. The van der Waals surface area contributed by atoms with Crippen molar-refractivity contribution in [1.29, 1.82) is 0 Å². The summed E-state index contributed by atoms with van der Waals surface area (Å²) >= 11 is 5.98. The summed E-state index contributed by atoms with van der Waals surface area (Å²) < 4.78 is 6.11. The molecule has 2 saturated heterocycles. The molecule has 1 aromatic heterocycles. The standard InChI is InChI=1S/C20H26ClN5O2/c21-16-3-5-17(6-4-16)28-18-15-22-20(26-7-1-2-8-26)23-19(18)25-11-9-24(10-12-25)13-14-27/h3-6,15,27H,1-2,7-14H2. The molecule has 1 N–H and O–H groups in total. The first-order chi connectivity index (χ1) is 13.7. The number of nitrogens with zero attached hydrogens (tertiary/aromatic N) is 5. The van der Waals surface area contributed by atoms with Crippen molar-refractivity contribution in [1.82, 2.24) is 14.9 Å². The summed E-state index contributed by atoms with van der Waals surface area (Å²) in [5.41, 5.74) is 0. The van der Waals surface area contributed by atoms with E-state index in [2.05, 4.69) is 19.7 Å². The van der Waals surface area contributed by atoms with Crippen LogP contribution < -0.4 is 14.5 Å². The molecule has 150 valence electrons. The molecule has 2 aliphatic heterocycles. The zero-order chi connectivity index (χ0) is 19.3.